The van der Waals surface area contributed by atoms with E-state index in [1.807, 2.05) is 41.4 Å². The van der Waals surface area contributed by atoms with Crippen molar-refractivity contribution in [1.29, 1.82) is 0 Å². The van der Waals surface area contributed by atoms with E-state index < -0.39 is 0 Å². The molecule has 31 heavy (non-hydrogen) atoms. The van der Waals surface area contributed by atoms with Gasteiger partial charge < -0.3 is 9.64 Å². The number of halogens is 1. The van der Waals surface area contributed by atoms with Crippen molar-refractivity contribution in [2.45, 2.75) is 38.1 Å². The Morgan fingerprint density at radius 2 is 1.77 bits per heavy atom. The molecule has 1 aliphatic heterocycles. The standard InChI is InChI=1S/C26H27FN2O2/c1-31-24-13-7-20(8-14-24)17-26(30)29-15-3-2-4-25(29)21-9-12-23(28-18-21)16-19-5-10-22(27)11-6-19/h5-14,18,25H,2-4,15-17H2,1H3. The van der Waals surface area contributed by atoms with Crippen LogP contribution in [-0.2, 0) is 17.6 Å². The number of ether oxygens (including phenoxy) is 1. The van der Waals surface area contributed by atoms with Crippen molar-refractivity contribution in [3.8, 4) is 5.75 Å². The van der Waals surface area contributed by atoms with Gasteiger partial charge in [0.15, 0.2) is 0 Å². The van der Waals surface area contributed by atoms with Crippen molar-refractivity contribution < 1.29 is 13.9 Å². The molecule has 2 heterocycles. The predicted molar refractivity (Wildman–Crippen MR) is 118 cm³/mol. The quantitative estimate of drug-likeness (QED) is 0.558. The van der Waals surface area contributed by atoms with Crippen LogP contribution in [0.3, 0.4) is 0 Å². The molecule has 1 fully saturated rings. The van der Waals surface area contributed by atoms with E-state index in [9.17, 15) is 9.18 Å². The van der Waals surface area contributed by atoms with Crippen molar-refractivity contribution in [3.63, 3.8) is 0 Å². The molecule has 0 radical (unpaired) electrons. The Morgan fingerprint density at radius 3 is 2.45 bits per heavy atom. The van der Waals surface area contributed by atoms with E-state index in [0.717, 1.165) is 53.9 Å². The van der Waals surface area contributed by atoms with Gasteiger partial charge in [-0.15, -0.1) is 0 Å². The van der Waals surface area contributed by atoms with Gasteiger partial charge in [-0.05, 0) is 66.3 Å². The maximum absolute atomic E-state index is 13.1. The van der Waals surface area contributed by atoms with E-state index in [0.29, 0.717) is 12.8 Å². The molecular formula is C26H27FN2O2. The smallest absolute Gasteiger partial charge is 0.227 e. The number of carbonyl (C=O) groups excluding carboxylic acids is 1. The highest BCUT2D eigenvalue weighted by Crippen LogP contribution is 2.31. The van der Waals surface area contributed by atoms with E-state index in [4.69, 9.17) is 4.74 Å². The first kappa shape index (κ1) is 21.0. The second-order valence-electron chi connectivity index (χ2n) is 8.01. The number of rotatable bonds is 6. The number of pyridine rings is 1. The monoisotopic (exact) mass is 418 g/mol. The summed E-state index contributed by atoms with van der Waals surface area (Å²) in [7, 11) is 1.64. The van der Waals surface area contributed by atoms with Crippen molar-refractivity contribution >= 4 is 5.91 Å². The van der Waals surface area contributed by atoms with Crippen LogP contribution < -0.4 is 4.74 Å². The number of aromatic nitrogens is 1. The van der Waals surface area contributed by atoms with Crippen molar-refractivity contribution in [3.05, 3.63) is 95.1 Å². The number of likely N-dealkylation sites (tertiary alicyclic amines) is 1. The van der Waals surface area contributed by atoms with Gasteiger partial charge in [0.25, 0.3) is 0 Å². The number of nitrogens with zero attached hydrogens (tertiary/aromatic N) is 2. The summed E-state index contributed by atoms with van der Waals surface area (Å²) in [5.41, 5.74) is 4.02. The molecule has 1 aliphatic rings. The second kappa shape index (κ2) is 9.73. The third kappa shape index (κ3) is 5.29. The number of piperidine rings is 1. The number of hydrogen-bond acceptors (Lipinski definition) is 3. The van der Waals surface area contributed by atoms with Gasteiger partial charge in [0.1, 0.15) is 11.6 Å². The summed E-state index contributed by atoms with van der Waals surface area (Å²) in [6, 6.07) is 18.3. The summed E-state index contributed by atoms with van der Waals surface area (Å²) in [6.07, 6.45) is 6.02. The van der Waals surface area contributed by atoms with Crippen LogP contribution in [0.2, 0.25) is 0 Å². The van der Waals surface area contributed by atoms with Gasteiger partial charge in [0.2, 0.25) is 5.91 Å². The third-order valence-corrected chi connectivity index (χ3v) is 5.87. The molecule has 0 N–H and O–H groups in total. The topological polar surface area (TPSA) is 42.4 Å². The number of carbonyl (C=O) groups is 1. The van der Waals surface area contributed by atoms with Gasteiger partial charge in [-0.2, -0.15) is 0 Å². The molecule has 1 amide bonds. The summed E-state index contributed by atoms with van der Waals surface area (Å²) >= 11 is 0. The molecule has 160 valence electrons. The fraction of sp³-hybridized carbons (Fsp3) is 0.308. The Morgan fingerprint density at radius 1 is 1.03 bits per heavy atom. The van der Waals surface area contributed by atoms with Crippen molar-refractivity contribution in [1.82, 2.24) is 9.88 Å². The fourth-order valence-electron chi connectivity index (χ4n) is 4.15. The Balaban J connectivity index is 1.44. The van der Waals surface area contributed by atoms with Crippen LogP contribution in [0.15, 0.2) is 66.9 Å². The largest absolute Gasteiger partial charge is 0.497 e. The van der Waals surface area contributed by atoms with Crippen LogP contribution in [-0.4, -0.2) is 29.4 Å². The second-order valence-corrected chi connectivity index (χ2v) is 8.01. The van der Waals surface area contributed by atoms with Crippen LogP contribution in [0.25, 0.3) is 0 Å². The molecule has 5 heteroatoms. The zero-order chi connectivity index (χ0) is 21.6. The highest BCUT2D eigenvalue weighted by molar-refractivity contribution is 5.79. The van der Waals surface area contributed by atoms with Crippen LogP contribution in [0.1, 0.15) is 47.7 Å². The Labute approximate surface area is 182 Å². The molecule has 1 aromatic heterocycles. The van der Waals surface area contributed by atoms with E-state index in [2.05, 4.69) is 11.1 Å². The van der Waals surface area contributed by atoms with Gasteiger partial charge in [-0.3, -0.25) is 9.78 Å². The predicted octanol–water partition coefficient (Wildman–Crippen LogP) is 5.12. The van der Waals surface area contributed by atoms with Gasteiger partial charge in [0, 0.05) is 24.9 Å². The van der Waals surface area contributed by atoms with Crippen LogP contribution in [0.5, 0.6) is 5.75 Å². The highest BCUT2D eigenvalue weighted by atomic mass is 19.1. The molecule has 1 atom stereocenters. The molecule has 4 rings (SSSR count). The van der Waals surface area contributed by atoms with Gasteiger partial charge in [0.05, 0.1) is 19.6 Å². The van der Waals surface area contributed by atoms with Crippen molar-refractivity contribution in [2.24, 2.45) is 0 Å². The SMILES string of the molecule is COc1ccc(CC(=O)N2CCCCC2c2ccc(Cc3ccc(F)cc3)nc2)cc1. The zero-order valence-electron chi connectivity index (χ0n) is 17.8. The van der Waals surface area contributed by atoms with Crippen LogP contribution >= 0.6 is 0 Å². The first-order valence-electron chi connectivity index (χ1n) is 10.7. The molecule has 1 saturated heterocycles. The zero-order valence-corrected chi connectivity index (χ0v) is 17.8. The minimum atomic E-state index is -0.233. The Kier molecular flexibility index (Phi) is 6.60. The average molecular weight is 419 g/mol. The van der Waals surface area contributed by atoms with E-state index in [1.54, 1.807) is 19.2 Å². The van der Waals surface area contributed by atoms with E-state index in [-0.39, 0.29) is 17.8 Å². The molecule has 3 aromatic rings. The molecule has 0 aliphatic carbocycles. The average Bonchev–Trinajstić information content (AvgIpc) is 2.81. The molecular weight excluding hydrogens is 391 g/mol. The number of benzene rings is 2. The lowest BCUT2D eigenvalue weighted by atomic mass is 9.95. The lowest BCUT2D eigenvalue weighted by molar-refractivity contribution is -0.134. The summed E-state index contributed by atoms with van der Waals surface area (Å²) in [5.74, 6) is 0.702. The fourth-order valence-corrected chi connectivity index (χ4v) is 4.15. The lowest BCUT2D eigenvalue weighted by Gasteiger charge is -2.36. The van der Waals surface area contributed by atoms with Crippen molar-refractivity contribution in [2.75, 3.05) is 13.7 Å². The summed E-state index contributed by atoms with van der Waals surface area (Å²) in [5, 5.41) is 0. The van der Waals surface area contributed by atoms with E-state index in [1.165, 1.54) is 12.1 Å². The minimum absolute atomic E-state index is 0.0619. The van der Waals surface area contributed by atoms with E-state index >= 15 is 0 Å². The summed E-state index contributed by atoms with van der Waals surface area (Å²) in [6.45, 7) is 0.775. The van der Waals surface area contributed by atoms with Crippen LogP contribution in [0, 0.1) is 5.82 Å². The molecule has 1 unspecified atom stereocenters. The number of amides is 1. The molecule has 0 saturated carbocycles. The highest BCUT2D eigenvalue weighted by Gasteiger charge is 2.28. The first-order valence-corrected chi connectivity index (χ1v) is 10.7. The van der Waals surface area contributed by atoms with Crippen LogP contribution in [0.4, 0.5) is 4.39 Å². The molecule has 4 nitrogen and oxygen atoms in total. The first-order chi connectivity index (χ1) is 15.1. The van der Waals surface area contributed by atoms with Gasteiger partial charge in [-0.25, -0.2) is 4.39 Å². The molecule has 2 aromatic carbocycles. The normalized spacial score (nSPS) is 16.2. The maximum atomic E-state index is 13.1. The van der Waals surface area contributed by atoms with Gasteiger partial charge in [-0.1, -0.05) is 30.3 Å². The molecule has 0 spiro atoms. The Hall–Kier alpha value is -3.21. The lowest BCUT2D eigenvalue weighted by Crippen LogP contribution is -2.39. The summed E-state index contributed by atoms with van der Waals surface area (Å²) in [4.78, 5) is 19.7. The number of hydrogen-bond donors (Lipinski definition) is 0. The minimum Gasteiger partial charge on any atom is -0.497 e. The molecule has 0 bridgehead atoms. The third-order valence-electron chi connectivity index (χ3n) is 5.87. The number of methoxy groups -OCH3 is 1. The maximum Gasteiger partial charge on any atom is 0.227 e. The van der Waals surface area contributed by atoms with Gasteiger partial charge >= 0.3 is 0 Å². The Bertz CT molecular complexity index is 1000. The summed E-state index contributed by atoms with van der Waals surface area (Å²) < 4.78 is 18.3.